The summed E-state index contributed by atoms with van der Waals surface area (Å²) in [6.07, 6.45) is 11.0. The van der Waals surface area contributed by atoms with E-state index in [-0.39, 0.29) is 46.2 Å². The second-order valence-electron chi connectivity index (χ2n) is 16.8. The van der Waals surface area contributed by atoms with Gasteiger partial charge in [0.05, 0.1) is 28.4 Å². The van der Waals surface area contributed by atoms with Crippen molar-refractivity contribution in [3.8, 4) is 49.4 Å². The molecule has 7 fully saturated rings. The molecule has 35 nitrogen and oxygen atoms in total. The van der Waals surface area contributed by atoms with Crippen molar-refractivity contribution in [3.63, 3.8) is 0 Å². The molecule has 10 atom stereocenters. The number of rotatable bonds is 14. The van der Waals surface area contributed by atoms with Crippen LogP contribution in [-0.4, -0.2) is 219 Å². The van der Waals surface area contributed by atoms with E-state index >= 15 is 0 Å². The third-order valence-corrected chi connectivity index (χ3v) is 10.9. The van der Waals surface area contributed by atoms with E-state index in [1.165, 1.54) is 54.4 Å². The van der Waals surface area contributed by atoms with Gasteiger partial charge in [0.25, 0.3) is 0 Å². The maximum absolute atomic E-state index is 11.4. The molecular formula is C53H58O35. The predicted octanol–water partition coefficient (Wildman–Crippen LogP) is 1.33. The highest BCUT2D eigenvalue weighted by Crippen LogP contribution is 2.27. The molecule has 0 radical (unpaired) electrons. The Hall–Kier alpha value is -11.1. The van der Waals surface area contributed by atoms with Crippen LogP contribution in [0.15, 0.2) is 25.3 Å². The Morgan fingerprint density at radius 3 is 1.16 bits per heavy atom. The highest BCUT2D eigenvalue weighted by Gasteiger charge is 2.51. The molecule has 0 aromatic rings. The van der Waals surface area contributed by atoms with Crippen molar-refractivity contribution in [2.24, 2.45) is 0 Å². The lowest BCUT2D eigenvalue weighted by molar-refractivity contribution is -0.161. The molecule has 7 aliphatic heterocycles. The van der Waals surface area contributed by atoms with Crippen LogP contribution in [-0.2, 0) is 133 Å². The normalized spacial score (nSPS) is 26.4. The number of esters is 7. The fraction of sp³-hybridized carbons (Fsp3) is 0.509. The monoisotopic (exact) mass is 1250 g/mol. The summed E-state index contributed by atoms with van der Waals surface area (Å²) in [7, 11) is 4.84. The van der Waals surface area contributed by atoms with E-state index < -0.39 is 144 Å². The lowest BCUT2D eigenvalue weighted by atomic mass is 10.0. The lowest BCUT2D eigenvalue weighted by Crippen LogP contribution is -2.42. The van der Waals surface area contributed by atoms with Gasteiger partial charge >= 0.3 is 84.9 Å². The van der Waals surface area contributed by atoms with E-state index in [1.54, 1.807) is 13.8 Å². The van der Waals surface area contributed by atoms with Crippen LogP contribution in [0.4, 0.5) is 33.6 Å². The number of terminal acetylenes is 4. The molecule has 0 spiro atoms. The van der Waals surface area contributed by atoms with Crippen molar-refractivity contribution in [1.82, 2.24) is 0 Å². The summed E-state index contributed by atoms with van der Waals surface area (Å²) in [6.45, 7) is 12.1. The molecule has 0 bridgehead atoms. The van der Waals surface area contributed by atoms with Gasteiger partial charge in [-0.3, -0.25) is 0 Å². The highest BCUT2D eigenvalue weighted by molar-refractivity contribution is 5.87. The van der Waals surface area contributed by atoms with Crippen LogP contribution in [0.5, 0.6) is 0 Å². The maximum Gasteiger partial charge on any atom is 0.510 e. The minimum absolute atomic E-state index is 0.0605. The summed E-state index contributed by atoms with van der Waals surface area (Å²) in [4.78, 5) is 152. The summed E-state index contributed by atoms with van der Waals surface area (Å²) in [5.74, 6) is 3.84. The molecule has 0 aromatic carbocycles. The van der Waals surface area contributed by atoms with Gasteiger partial charge in [-0.1, -0.05) is 50.7 Å². The summed E-state index contributed by atoms with van der Waals surface area (Å²) in [5, 5.41) is 0. The third kappa shape index (κ3) is 21.8. The van der Waals surface area contributed by atoms with Crippen molar-refractivity contribution in [2.75, 3.05) is 74.7 Å². The molecule has 10 unspecified atom stereocenters. The zero-order chi connectivity index (χ0) is 67.0. The first-order valence-corrected chi connectivity index (χ1v) is 24.4. The predicted molar refractivity (Wildman–Crippen MR) is 275 cm³/mol. The van der Waals surface area contributed by atoms with Crippen molar-refractivity contribution in [1.29, 1.82) is 0 Å². The topological polar surface area (TPSA) is 433 Å². The van der Waals surface area contributed by atoms with Gasteiger partial charge in [0, 0.05) is 0 Å². The molecule has 7 saturated heterocycles. The first kappa shape index (κ1) is 74.9. The van der Waals surface area contributed by atoms with E-state index in [2.05, 4.69) is 127 Å². The Morgan fingerprint density at radius 2 is 0.807 bits per heavy atom. The van der Waals surface area contributed by atoms with Crippen LogP contribution < -0.4 is 0 Å². The molecule has 0 N–H and O–H groups in total. The number of hydrogen-bond donors (Lipinski definition) is 0. The van der Waals surface area contributed by atoms with Crippen LogP contribution in [0.2, 0.25) is 0 Å². The van der Waals surface area contributed by atoms with Crippen LogP contribution in [0.1, 0.15) is 40.5 Å². The molecule has 0 aromatic heterocycles. The van der Waals surface area contributed by atoms with E-state index in [1.807, 2.05) is 0 Å². The van der Waals surface area contributed by atoms with Crippen LogP contribution >= 0.6 is 0 Å². The van der Waals surface area contributed by atoms with Crippen molar-refractivity contribution >= 4 is 84.9 Å². The van der Waals surface area contributed by atoms with Gasteiger partial charge in [0.15, 0.2) is 32.0 Å². The first-order chi connectivity index (χ1) is 41.5. The van der Waals surface area contributed by atoms with Crippen LogP contribution in [0.3, 0.4) is 0 Å². The van der Waals surface area contributed by atoms with E-state index in [0.29, 0.717) is 12.8 Å². The Morgan fingerprint density at radius 1 is 0.455 bits per heavy atom. The maximum atomic E-state index is 11.4. The summed E-state index contributed by atoms with van der Waals surface area (Å²) in [5.41, 5.74) is -5.14. The molecule has 0 aliphatic carbocycles. The second-order valence-corrected chi connectivity index (χ2v) is 16.8. The molecule has 35 heteroatoms. The molecule has 88 heavy (non-hydrogen) atoms. The summed E-state index contributed by atoms with van der Waals surface area (Å²) >= 11 is 0. The first-order valence-electron chi connectivity index (χ1n) is 24.4. The van der Waals surface area contributed by atoms with Gasteiger partial charge in [-0.2, -0.15) is 0 Å². The van der Waals surface area contributed by atoms with Crippen molar-refractivity contribution in [2.45, 2.75) is 99.6 Å². The Kier molecular flexibility index (Phi) is 30.6. The average molecular weight is 1260 g/mol. The van der Waals surface area contributed by atoms with Gasteiger partial charge in [0.1, 0.15) is 26.4 Å². The smallest absolute Gasteiger partial charge is 0.466 e. The highest BCUT2D eigenvalue weighted by atomic mass is 16.8. The zero-order valence-electron chi connectivity index (χ0n) is 48.0. The minimum Gasteiger partial charge on any atom is -0.466 e. The molecule has 0 amide bonds. The number of carbonyl (C=O) groups is 14. The molecule has 7 rings (SSSR count). The number of ether oxygens (including phenoxy) is 21. The van der Waals surface area contributed by atoms with Gasteiger partial charge in [-0.15, -0.1) is 25.7 Å². The molecular weight excluding hydrogens is 1200 g/mol. The van der Waals surface area contributed by atoms with Crippen molar-refractivity contribution in [3.05, 3.63) is 25.3 Å². The third-order valence-electron chi connectivity index (χ3n) is 10.9. The fourth-order valence-corrected chi connectivity index (χ4v) is 6.14. The average Bonchev–Trinajstić information content (AvgIpc) is 4.37. The van der Waals surface area contributed by atoms with E-state index in [4.69, 9.17) is 35.2 Å². The fourth-order valence-electron chi connectivity index (χ4n) is 6.14. The van der Waals surface area contributed by atoms with E-state index in [9.17, 15) is 67.1 Å². The number of methoxy groups -OCH3 is 4. The Balaban J connectivity index is 0.000000514. The Labute approximate surface area is 499 Å². The Bertz CT molecular complexity index is 2790. The zero-order valence-corrected chi connectivity index (χ0v) is 48.0. The van der Waals surface area contributed by atoms with Gasteiger partial charge in [-0.25, -0.2) is 67.1 Å². The molecule has 7 aliphatic rings. The number of hydrogen-bond acceptors (Lipinski definition) is 35. The lowest BCUT2D eigenvalue weighted by Gasteiger charge is -2.19. The molecule has 7 heterocycles. The largest absolute Gasteiger partial charge is 0.510 e. The number of cyclic esters (lactones) is 14. The number of carbonyl (C=O) groups excluding carboxylic acids is 14. The standard InChI is InChI=1S/C9H10O5.C9H8O5.C8H8O5.C7H10O5.C7H8O5.C7H6O5.C6H8O5/c1-3-5-12-7(10)9(4-2)6-13-8(11)14-9;1-3-5-12-8(10)7-6(4-2)13-9(11)14-7;1-3-4-11-6(9)8(2)5-12-7(10)13-8;1-3-7(5(8)10-2)4-11-6(9)12-7;2*1-3-4-5(6(8)10-2)12-7(9)11-4;1-6(4(7)9-2)3-10-5(8)11-6/h1H,4-6H2,2H3;1,4,6-7H,2,5H2;1H,4-5H2,2H3;3-4H2,1-2H3;3-5H,1H2,2H3;1,4-5H,2H3;3H2,1-2H3. The van der Waals surface area contributed by atoms with Crippen LogP contribution in [0, 0.1) is 49.4 Å². The van der Waals surface area contributed by atoms with Crippen LogP contribution in [0.25, 0.3) is 0 Å². The quantitative estimate of drug-likeness (QED) is 0.102. The van der Waals surface area contributed by atoms with E-state index in [0.717, 1.165) is 0 Å². The van der Waals surface area contributed by atoms with Gasteiger partial charge < -0.3 is 99.5 Å². The minimum atomic E-state index is -1.35. The van der Waals surface area contributed by atoms with Gasteiger partial charge in [-0.05, 0) is 38.8 Å². The molecule has 0 saturated carbocycles. The SMILES string of the molecule is C#CC1OC(=O)OC1C(=O)OC.C#CCOC(=O)C1(C)COC(=O)O1.C#CCOC(=O)C1(CC)COC(=O)O1.C#CCOC(=O)C1OC(=O)OC1C=C.C=CC1OC(=O)OC1C(=O)OC.CCC1(C(=O)OC)COC(=O)O1.COC(=O)C1(C)COC(=O)O1. The summed E-state index contributed by atoms with van der Waals surface area (Å²) in [6, 6.07) is 0. The van der Waals surface area contributed by atoms with Gasteiger partial charge in [0.2, 0.25) is 46.8 Å². The van der Waals surface area contributed by atoms with Crippen molar-refractivity contribution < 1.29 is 167 Å². The second kappa shape index (κ2) is 35.9. The molecule has 480 valence electrons. The summed E-state index contributed by atoms with van der Waals surface area (Å²) < 4.78 is 95.1.